The average Bonchev–Trinajstić information content (AvgIpc) is 2.75. The number of carbonyl (C=O) groups excluding carboxylic acids is 1. The van der Waals surface area contributed by atoms with Gasteiger partial charge in [-0.3, -0.25) is 4.79 Å². The van der Waals surface area contributed by atoms with E-state index in [1.807, 2.05) is 6.07 Å². The fourth-order valence-electron chi connectivity index (χ4n) is 2.74. The van der Waals surface area contributed by atoms with E-state index in [-0.39, 0.29) is 11.7 Å². The first-order chi connectivity index (χ1) is 14.1. The van der Waals surface area contributed by atoms with Crippen LogP contribution in [0.4, 0.5) is 15.9 Å². The highest BCUT2D eigenvalue weighted by atomic mass is 19.1. The van der Waals surface area contributed by atoms with E-state index >= 15 is 0 Å². The molecule has 3 rings (SSSR count). The van der Waals surface area contributed by atoms with Gasteiger partial charge in [-0.2, -0.15) is 0 Å². The lowest BCUT2D eigenvalue weighted by molar-refractivity contribution is 0.102. The molecule has 0 aliphatic carbocycles. The van der Waals surface area contributed by atoms with Crippen LogP contribution in [0.15, 0.2) is 60.8 Å². The van der Waals surface area contributed by atoms with Crippen LogP contribution in [0.2, 0.25) is 0 Å². The summed E-state index contributed by atoms with van der Waals surface area (Å²) in [5, 5.41) is 5.93. The molecule has 7 heteroatoms. The standard InChI is InChI=1S/C22H22FN3O3/c1-28-18-11-16(12-19(13-18)29-2)22(27)26-21-8-7-17(14-25-21)24-10-9-15-5-3-4-6-20(15)23/h3-8,11-14,24H,9-10H2,1-2H3,(H,25,26,27). The van der Waals surface area contributed by atoms with E-state index in [2.05, 4.69) is 15.6 Å². The minimum atomic E-state index is -0.324. The second kappa shape index (κ2) is 9.54. The number of benzene rings is 2. The minimum absolute atomic E-state index is 0.209. The first kappa shape index (κ1) is 20.1. The van der Waals surface area contributed by atoms with Gasteiger partial charge in [-0.15, -0.1) is 0 Å². The van der Waals surface area contributed by atoms with Crippen molar-refractivity contribution in [1.82, 2.24) is 4.98 Å². The largest absolute Gasteiger partial charge is 0.497 e. The van der Waals surface area contributed by atoms with Gasteiger partial charge >= 0.3 is 0 Å². The van der Waals surface area contributed by atoms with E-state index in [0.717, 1.165) is 5.69 Å². The van der Waals surface area contributed by atoms with Gasteiger partial charge in [-0.05, 0) is 42.3 Å². The normalized spacial score (nSPS) is 10.3. The lowest BCUT2D eigenvalue weighted by atomic mass is 10.1. The minimum Gasteiger partial charge on any atom is -0.497 e. The summed E-state index contributed by atoms with van der Waals surface area (Å²) in [5.74, 6) is 0.930. The summed E-state index contributed by atoms with van der Waals surface area (Å²) in [5.41, 5.74) is 1.84. The Hall–Kier alpha value is -3.61. The third-order valence-electron chi connectivity index (χ3n) is 4.30. The number of rotatable bonds is 8. The summed E-state index contributed by atoms with van der Waals surface area (Å²) in [6.45, 7) is 0.567. The summed E-state index contributed by atoms with van der Waals surface area (Å²) in [7, 11) is 3.05. The van der Waals surface area contributed by atoms with Gasteiger partial charge < -0.3 is 20.1 Å². The van der Waals surface area contributed by atoms with Crippen LogP contribution < -0.4 is 20.1 Å². The van der Waals surface area contributed by atoms with Crippen LogP contribution in [0, 0.1) is 5.82 Å². The maximum Gasteiger partial charge on any atom is 0.257 e. The number of hydrogen-bond donors (Lipinski definition) is 2. The lowest BCUT2D eigenvalue weighted by Gasteiger charge is -2.10. The van der Waals surface area contributed by atoms with Gasteiger partial charge in [0.1, 0.15) is 23.1 Å². The lowest BCUT2D eigenvalue weighted by Crippen LogP contribution is -2.13. The van der Waals surface area contributed by atoms with E-state index in [1.54, 1.807) is 48.7 Å². The van der Waals surface area contributed by atoms with E-state index in [4.69, 9.17) is 9.47 Å². The summed E-state index contributed by atoms with van der Waals surface area (Å²) < 4.78 is 24.0. The number of anilines is 2. The van der Waals surface area contributed by atoms with Crippen LogP contribution in [0.3, 0.4) is 0 Å². The SMILES string of the molecule is COc1cc(OC)cc(C(=O)Nc2ccc(NCCc3ccccc3F)cn2)c1. The zero-order valence-corrected chi connectivity index (χ0v) is 16.2. The molecule has 0 atom stereocenters. The van der Waals surface area contributed by atoms with Crippen LogP contribution in [-0.4, -0.2) is 31.7 Å². The topological polar surface area (TPSA) is 72.5 Å². The van der Waals surface area contributed by atoms with Gasteiger partial charge in [0.2, 0.25) is 0 Å². The third-order valence-corrected chi connectivity index (χ3v) is 4.30. The quantitative estimate of drug-likeness (QED) is 0.600. The predicted molar refractivity (Wildman–Crippen MR) is 110 cm³/mol. The van der Waals surface area contributed by atoms with Crippen molar-refractivity contribution in [2.45, 2.75) is 6.42 Å². The average molecular weight is 395 g/mol. The number of methoxy groups -OCH3 is 2. The molecule has 0 saturated heterocycles. The first-order valence-corrected chi connectivity index (χ1v) is 9.07. The third kappa shape index (κ3) is 5.44. The number of amides is 1. The molecule has 0 unspecified atom stereocenters. The molecule has 6 nitrogen and oxygen atoms in total. The summed E-state index contributed by atoms with van der Waals surface area (Å²) in [4.78, 5) is 16.7. The van der Waals surface area contributed by atoms with Crippen LogP contribution in [0.5, 0.6) is 11.5 Å². The molecule has 1 aromatic heterocycles. The molecular weight excluding hydrogens is 373 g/mol. The molecule has 0 bridgehead atoms. The fraction of sp³-hybridized carbons (Fsp3) is 0.182. The molecular formula is C22H22FN3O3. The number of hydrogen-bond acceptors (Lipinski definition) is 5. The van der Waals surface area contributed by atoms with Crippen molar-refractivity contribution in [3.63, 3.8) is 0 Å². The van der Waals surface area contributed by atoms with Gasteiger partial charge in [0.15, 0.2) is 0 Å². The molecule has 1 amide bonds. The molecule has 3 aromatic rings. The highest BCUT2D eigenvalue weighted by molar-refractivity contribution is 6.04. The monoisotopic (exact) mass is 395 g/mol. The number of halogens is 1. The van der Waals surface area contributed by atoms with Crippen molar-refractivity contribution in [2.24, 2.45) is 0 Å². The Bertz CT molecular complexity index is 955. The van der Waals surface area contributed by atoms with Crippen molar-refractivity contribution in [3.8, 4) is 11.5 Å². The van der Waals surface area contributed by atoms with Gasteiger partial charge in [0.25, 0.3) is 5.91 Å². The van der Waals surface area contributed by atoms with Gasteiger partial charge in [0.05, 0.1) is 26.1 Å². The van der Waals surface area contributed by atoms with Crippen LogP contribution in [0.1, 0.15) is 15.9 Å². The molecule has 0 aliphatic heterocycles. The van der Waals surface area contributed by atoms with E-state index in [1.165, 1.54) is 20.3 Å². The maximum atomic E-state index is 13.6. The Labute approximate surface area is 168 Å². The number of nitrogens with zero attached hydrogens (tertiary/aromatic N) is 1. The van der Waals surface area contributed by atoms with Gasteiger partial charge in [0, 0.05) is 18.2 Å². The second-order valence-corrected chi connectivity index (χ2v) is 6.26. The van der Waals surface area contributed by atoms with Gasteiger partial charge in [-0.25, -0.2) is 9.37 Å². The molecule has 0 fully saturated rings. The molecule has 2 N–H and O–H groups in total. The number of ether oxygens (including phenoxy) is 2. The summed E-state index contributed by atoms with van der Waals surface area (Å²) in [6, 6.07) is 15.1. The molecule has 1 heterocycles. The summed E-state index contributed by atoms with van der Waals surface area (Å²) in [6.07, 6.45) is 2.17. The molecule has 0 aliphatic rings. The predicted octanol–water partition coefficient (Wildman–Crippen LogP) is 4.14. The van der Waals surface area contributed by atoms with Crippen molar-refractivity contribution in [1.29, 1.82) is 0 Å². The molecule has 2 aromatic carbocycles. The fourth-order valence-corrected chi connectivity index (χ4v) is 2.74. The zero-order valence-electron chi connectivity index (χ0n) is 16.2. The van der Waals surface area contributed by atoms with Crippen molar-refractivity contribution in [2.75, 3.05) is 31.4 Å². The Morgan fingerprint density at radius 1 is 1.03 bits per heavy atom. The molecule has 0 saturated carbocycles. The Morgan fingerprint density at radius 3 is 2.38 bits per heavy atom. The molecule has 29 heavy (non-hydrogen) atoms. The Kier molecular flexibility index (Phi) is 6.63. The van der Waals surface area contributed by atoms with Crippen LogP contribution in [-0.2, 0) is 6.42 Å². The smallest absolute Gasteiger partial charge is 0.257 e. The molecule has 0 spiro atoms. The molecule has 150 valence electrons. The van der Waals surface area contributed by atoms with Crippen LogP contribution >= 0.6 is 0 Å². The molecule has 0 radical (unpaired) electrons. The number of nitrogens with one attached hydrogen (secondary N) is 2. The van der Waals surface area contributed by atoms with E-state index in [0.29, 0.717) is 41.4 Å². The highest BCUT2D eigenvalue weighted by Crippen LogP contribution is 2.23. The first-order valence-electron chi connectivity index (χ1n) is 9.07. The van der Waals surface area contributed by atoms with E-state index < -0.39 is 0 Å². The Morgan fingerprint density at radius 2 is 1.76 bits per heavy atom. The number of pyridine rings is 1. The van der Waals surface area contributed by atoms with Gasteiger partial charge in [-0.1, -0.05) is 18.2 Å². The second-order valence-electron chi connectivity index (χ2n) is 6.26. The van der Waals surface area contributed by atoms with Crippen LogP contribution in [0.25, 0.3) is 0 Å². The van der Waals surface area contributed by atoms with Crippen molar-refractivity contribution in [3.05, 3.63) is 77.7 Å². The summed E-state index contributed by atoms with van der Waals surface area (Å²) >= 11 is 0. The van der Waals surface area contributed by atoms with Crippen molar-refractivity contribution >= 4 is 17.4 Å². The maximum absolute atomic E-state index is 13.6. The highest BCUT2D eigenvalue weighted by Gasteiger charge is 2.11. The number of aromatic nitrogens is 1. The zero-order chi connectivity index (χ0) is 20.6. The van der Waals surface area contributed by atoms with Crippen molar-refractivity contribution < 1.29 is 18.7 Å². The van der Waals surface area contributed by atoms with E-state index in [9.17, 15) is 9.18 Å². The number of carbonyl (C=O) groups is 1. The Balaban J connectivity index is 1.57.